The summed E-state index contributed by atoms with van der Waals surface area (Å²) in [6, 6.07) is 1.71. The van der Waals surface area contributed by atoms with Gasteiger partial charge in [0.05, 0.1) is 5.02 Å². The Hall–Kier alpha value is -1.53. The number of aryl methyl sites for hydroxylation is 1. The van der Waals surface area contributed by atoms with Crippen molar-refractivity contribution >= 4 is 23.4 Å². The number of halogens is 1. The minimum atomic E-state index is -0.0672. The molecule has 0 spiro atoms. The number of hydrogen-bond acceptors (Lipinski definition) is 3. The number of nitrogens with two attached hydrogens (primary N) is 1. The normalized spacial score (nSPS) is 18.3. The molecule has 2 amide bonds. The molecule has 0 bridgehead atoms. The number of rotatable bonds is 5. The Morgan fingerprint density at radius 1 is 1.45 bits per heavy atom. The monoisotopic (exact) mass is 326 g/mol. The largest absolute Gasteiger partial charge is 0.354 e. The number of carbonyl (C=O) groups is 2. The summed E-state index contributed by atoms with van der Waals surface area (Å²) in [7, 11) is 1.81. The summed E-state index contributed by atoms with van der Waals surface area (Å²) in [5.74, 6) is -0.102. The maximum atomic E-state index is 12.7. The zero-order valence-electron chi connectivity index (χ0n) is 12.8. The van der Waals surface area contributed by atoms with Gasteiger partial charge in [0.2, 0.25) is 5.91 Å². The predicted molar refractivity (Wildman–Crippen MR) is 85.8 cm³/mol. The van der Waals surface area contributed by atoms with Gasteiger partial charge < -0.3 is 20.5 Å². The minimum Gasteiger partial charge on any atom is -0.354 e. The van der Waals surface area contributed by atoms with Crippen LogP contribution in [0.3, 0.4) is 0 Å². The number of aromatic nitrogens is 1. The molecule has 122 valence electrons. The van der Waals surface area contributed by atoms with E-state index >= 15 is 0 Å². The molecule has 0 aromatic carbocycles. The summed E-state index contributed by atoms with van der Waals surface area (Å²) in [6.45, 7) is 1.52. The lowest BCUT2D eigenvalue weighted by atomic mass is 10.0. The number of carbonyl (C=O) groups excluding carboxylic acids is 2. The number of piperidine rings is 1. The fraction of sp³-hybridized carbons (Fsp3) is 0.600. The van der Waals surface area contributed by atoms with E-state index in [0.29, 0.717) is 36.8 Å². The van der Waals surface area contributed by atoms with Crippen molar-refractivity contribution in [3.05, 3.63) is 23.0 Å². The lowest BCUT2D eigenvalue weighted by Crippen LogP contribution is -2.49. The molecule has 0 radical (unpaired) electrons. The highest BCUT2D eigenvalue weighted by Gasteiger charge is 2.29. The molecular formula is C15H23ClN4O2. The second-order valence-corrected chi connectivity index (χ2v) is 6.08. The summed E-state index contributed by atoms with van der Waals surface area (Å²) >= 11 is 5.96. The average molecular weight is 327 g/mol. The first-order chi connectivity index (χ1) is 10.5. The molecule has 2 rings (SSSR count). The van der Waals surface area contributed by atoms with Gasteiger partial charge in [-0.2, -0.15) is 0 Å². The van der Waals surface area contributed by atoms with Gasteiger partial charge in [-0.3, -0.25) is 9.59 Å². The zero-order valence-corrected chi connectivity index (χ0v) is 13.6. The Balaban J connectivity index is 2.04. The number of likely N-dealkylation sites (tertiary alicyclic amines) is 1. The summed E-state index contributed by atoms with van der Waals surface area (Å²) in [4.78, 5) is 26.1. The van der Waals surface area contributed by atoms with Crippen LogP contribution in [-0.4, -0.2) is 47.0 Å². The topological polar surface area (TPSA) is 80.4 Å². The van der Waals surface area contributed by atoms with Crippen molar-refractivity contribution in [2.45, 2.75) is 31.7 Å². The molecule has 3 N–H and O–H groups in total. The van der Waals surface area contributed by atoms with E-state index < -0.39 is 0 Å². The second-order valence-electron chi connectivity index (χ2n) is 5.65. The van der Waals surface area contributed by atoms with Gasteiger partial charge in [-0.25, -0.2) is 0 Å². The number of hydrogen-bond donors (Lipinski definition) is 2. The van der Waals surface area contributed by atoms with Crippen LogP contribution in [-0.2, 0) is 11.8 Å². The molecule has 1 saturated heterocycles. The Morgan fingerprint density at radius 2 is 2.23 bits per heavy atom. The minimum absolute atomic E-state index is 0.0247. The SMILES string of the molecule is Cn1cc(Cl)cc1C(=O)N1CCCCC1CNC(=O)CCN. The molecule has 1 aliphatic heterocycles. The van der Waals surface area contributed by atoms with E-state index in [1.54, 1.807) is 23.9 Å². The molecule has 1 aliphatic rings. The summed E-state index contributed by atoms with van der Waals surface area (Å²) in [5.41, 5.74) is 5.94. The summed E-state index contributed by atoms with van der Waals surface area (Å²) in [5, 5.41) is 3.42. The first-order valence-corrected chi connectivity index (χ1v) is 8.00. The van der Waals surface area contributed by atoms with Crippen molar-refractivity contribution in [2.24, 2.45) is 12.8 Å². The van der Waals surface area contributed by atoms with Crippen LogP contribution in [0.15, 0.2) is 12.3 Å². The van der Waals surface area contributed by atoms with Crippen LogP contribution in [0.25, 0.3) is 0 Å². The van der Waals surface area contributed by atoms with E-state index in [0.717, 1.165) is 19.3 Å². The van der Waals surface area contributed by atoms with Crippen LogP contribution in [0.5, 0.6) is 0 Å². The molecule has 2 heterocycles. The Morgan fingerprint density at radius 3 is 2.86 bits per heavy atom. The van der Waals surface area contributed by atoms with Crippen molar-refractivity contribution in [3.63, 3.8) is 0 Å². The predicted octanol–water partition coefficient (Wildman–Crippen LogP) is 1.14. The lowest BCUT2D eigenvalue weighted by molar-refractivity contribution is -0.121. The maximum Gasteiger partial charge on any atom is 0.270 e. The molecule has 1 fully saturated rings. The van der Waals surface area contributed by atoms with E-state index in [4.69, 9.17) is 17.3 Å². The van der Waals surface area contributed by atoms with Gasteiger partial charge in [0.25, 0.3) is 5.91 Å². The second kappa shape index (κ2) is 7.65. The molecule has 0 saturated carbocycles. The fourth-order valence-corrected chi connectivity index (χ4v) is 3.06. The van der Waals surface area contributed by atoms with E-state index in [9.17, 15) is 9.59 Å². The molecular weight excluding hydrogens is 304 g/mol. The maximum absolute atomic E-state index is 12.7. The van der Waals surface area contributed by atoms with Crippen molar-refractivity contribution in [3.8, 4) is 0 Å². The van der Waals surface area contributed by atoms with Gasteiger partial charge in [0.15, 0.2) is 0 Å². The van der Waals surface area contributed by atoms with Gasteiger partial charge in [0, 0.05) is 45.3 Å². The highest BCUT2D eigenvalue weighted by molar-refractivity contribution is 6.31. The van der Waals surface area contributed by atoms with Crippen LogP contribution >= 0.6 is 11.6 Å². The smallest absolute Gasteiger partial charge is 0.270 e. The van der Waals surface area contributed by atoms with Gasteiger partial charge in [-0.15, -0.1) is 0 Å². The van der Waals surface area contributed by atoms with Gasteiger partial charge in [-0.1, -0.05) is 11.6 Å². The third kappa shape index (κ3) is 4.01. The average Bonchev–Trinajstić information content (AvgIpc) is 2.84. The molecule has 22 heavy (non-hydrogen) atoms. The van der Waals surface area contributed by atoms with Crippen molar-refractivity contribution < 1.29 is 9.59 Å². The van der Waals surface area contributed by atoms with Crippen LogP contribution in [0.1, 0.15) is 36.2 Å². The number of amides is 2. The zero-order chi connectivity index (χ0) is 16.1. The summed E-state index contributed by atoms with van der Waals surface area (Å²) in [6.07, 6.45) is 4.98. The van der Waals surface area contributed by atoms with Crippen LogP contribution in [0.4, 0.5) is 0 Å². The first kappa shape index (κ1) is 16.8. The third-order valence-corrected chi connectivity index (χ3v) is 4.19. The first-order valence-electron chi connectivity index (χ1n) is 7.62. The van der Waals surface area contributed by atoms with Gasteiger partial charge >= 0.3 is 0 Å². The van der Waals surface area contributed by atoms with Gasteiger partial charge in [0.1, 0.15) is 5.69 Å². The molecule has 1 aromatic heterocycles. The highest BCUT2D eigenvalue weighted by Crippen LogP contribution is 2.21. The van der Waals surface area contributed by atoms with Crippen LogP contribution in [0, 0.1) is 0 Å². The molecule has 0 aliphatic carbocycles. The molecule has 1 aromatic rings. The number of nitrogens with zero attached hydrogens (tertiary/aromatic N) is 2. The molecule has 1 unspecified atom stereocenters. The lowest BCUT2D eigenvalue weighted by Gasteiger charge is -2.36. The van der Waals surface area contributed by atoms with E-state index in [-0.39, 0.29) is 17.9 Å². The summed E-state index contributed by atoms with van der Waals surface area (Å²) < 4.78 is 1.74. The third-order valence-electron chi connectivity index (χ3n) is 3.98. The van der Waals surface area contributed by atoms with Crippen molar-refractivity contribution in [1.82, 2.24) is 14.8 Å². The fourth-order valence-electron chi connectivity index (χ4n) is 2.82. The Bertz CT molecular complexity index is 544. The quantitative estimate of drug-likeness (QED) is 0.851. The van der Waals surface area contributed by atoms with E-state index in [1.807, 2.05) is 4.90 Å². The number of nitrogens with one attached hydrogen (secondary N) is 1. The van der Waals surface area contributed by atoms with Crippen LogP contribution < -0.4 is 11.1 Å². The highest BCUT2D eigenvalue weighted by atomic mass is 35.5. The Kier molecular flexibility index (Phi) is 5.85. The van der Waals surface area contributed by atoms with Gasteiger partial charge in [-0.05, 0) is 25.3 Å². The van der Waals surface area contributed by atoms with Crippen molar-refractivity contribution in [1.29, 1.82) is 0 Å². The van der Waals surface area contributed by atoms with Crippen molar-refractivity contribution in [2.75, 3.05) is 19.6 Å². The molecule has 7 heteroatoms. The van der Waals surface area contributed by atoms with E-state index in [2.05, 4.69) is 5.32 Å². The Labute approximate surface area is 135 Å². The van der Waals surface area contributed by atoms with E-state index in [1.165, 1.54) is 0 Å². The molecule has 6 nitrogen and oxygen atoms in total. The standard InChI is InChI=1S/C15H23ClN4O2/c1-19-10-11(16)8-13(19)15(22)20-7-3-2-4-12(20)9-18-14(21)5-6-17/h8,10,12H,2-7,9,17H2,1H3,(H,18,21). The molecule has 1 atom stereocenters. The van der Waals surface area contributed by atoms with Crippen LogP contribution in [0.2, 0.25) is 5.02 Å².